The van der Waals surface area contributed by atoms with E-state index in [2.05, 4.69) is 42.2 Å². The van der Waals surface area contributed by atoms with Crippen LogP contribution in [-0.2, 0) is 0 Å². The van der Waals surface area contributed by atoms with E-state index in [1.54, 1.807) is 0 Å². The Morgan fingerprint density at radius 2 is 1.72 bits per heavy atom. The highest BCUT2D eigenvalue weighted by atomic mass is 35.5. The summed E-state index contributed by atoms with van der Waals surface area (Å²) in [6.07, 6.45) is 0. The Morgan fingerprint density at radius 3 is 2.50 bits per heavy atom. The fourth-order valence-corrected chi connectivity index (χ4v) is 2.36. The van der Waals surface area contributed by atoms with Crippen LogP contribution in [0.3, 0.4) is 0 Å². The molecule has 1 heterocycles. The van der Waals surface area contributed by atoms with Gasteiger partial charge in [-0.3, -0.25) is 0 Å². The molecule has 2 aromatic carbocycles. The minimum atomic E-state index is 0.534. The van der Waals surface area contributed by atoms with Crippen molar-refractivity contribution in [2.24, 2.45) is 0 Å². The van der Waals surface area contributed by atoms with E-state index in [-0.39, 0.29) is 0 Å². The van der Waals surface area contributed by atoms with Crippen molar-refractivity contribution in [3.05, 3.63) is 65.3 Å². The van der Waals surface area contributed by atoms with Gasteiger partial charge in [-0.05, 0) is 18.4 Å². The molecule has 2 heteroatoms. The van der Waals surface area contributed by atoms with Crippen molar-refractivity contribution in [2.75, 3.05) is 0 Å². The maximum absolute atomic E-state index is 6.11. The molecule has 0 radical (unpaired) electrons. The van der Waals surface area contributed by atoms with Gasteiger partial charge in [-0.1, -0.05) is 65.7 Å². The van der Waals surface area contributed by atoms with Gasteiger partial charge in [0.15, 0.2) is 0 Å². The second-order valence-electron chi connectivity index (χ2n) is 4.38. The number of hydrogen-bond donors (Lipinski definition) is 0. The van der Waals surface area contributed by atoms with Gasteiger partial charge in [0.25, 0.3) is 0 Å². The average Bonchev–Trinajstić information content (AvgIpc) is 2.38. The normalized spacial score (nSPS) is 10.8. The van der Waals surface area contributed by atoms with Gasteiger partial charge in [-0.25, -0.2) is 4.98 Å². The highest BCUT2D eigenvalue weighted by Gasteiger charge is 2.07. The summed E-state index contributed by atoms with van der Waals surface area (Å²) in [6, 6.07) is 18.4. The van der Waals surface area contributed by atoms with Crippen LogP contribution in [0, 0.1) is 6.92 Å². The van der Waals surface area contributed by atoms with Crippen molar-refractivity contribution < 1.29 is 0 Å². The Bertz CT molecular complexity index is 700. The Hall–Kier alpha value is -1.86. The molecule has 0 N–H and O–H groups in total. The first-order valence-electron chi connectivity index (χ1n) is 5.86. The molecule has 0 unspecified atom stereocenters. The second kappa shape index (κ2) is 4.43. The predicted molar refractivity (Wildman–Crippen MR) is 76.9 cm³/mol. The molecule has 0 fully saturated rings. The monoisotopic (exact) mass is 253 g/mol. The fraction of sp³-hybridized carbons (Fsp3) is 0.0625. The SMILES string of the molecule is Cc1ccc2c(-c3ccccc3)nc(Cl)cc2c1. The van der Waals surface area contributed by atoms with E-state index in [0.717, 1.165) is 22.0 Å². The molecule has 0 atom stereocenters. The Kier molecular flexibility index (Phi) is 2.77. The Morgan fingerprint density at radius 1 is 0.944 bits per heavy atom. The molecule has 0 aliphatic heterocycles. The summed E-state index contributed by atoms with van der Waals surface area (Å²) in [5.74, 6) is 0. The van der Waals surface area contributed by atoms with Crippen molar-refractivity contribution in [3.63, 3.8) is 0 Å². The zero-order valence-electron chi connectivity index (χ0n) is 10.0. The number of aromatic nitrogens is 1. The van der Waals surface area contributed by atoms with Crippen molar-refractivity contribution in [3.8, 4) is 11.3 Å². The lowest BCUT2D eigenvalue weighted by Gasteiger charge is -2.07. The molecule has 0 bridgehead atoms. The summed E-state index contributed by atoms with van der Waals surface area (Å²) in [5, 5.41) is 2.80. The molecule has 0 spiro atoms. The number of rotatable bonds is 1. The van der Waals surface area contributed by atoms with E-state index in [9.17, 15) is 0 Å². The van der Waals surface area contributed by atoms with E-state index < -0.39 is 0 Å². The van der Waals surface area contributed by atoms with E-state index in [4.69, 9.17) is 11.6 Å². The summed E-state index contributed by atoms with van der Waals surface area (Å²) in [6.45, 7) is 2.08. The lowest BCUT2D eigenvalue weighted by atomic mass is 10.0. The highest BCUT2D eigenvalue weighted by Crippen LogP contribution is 2.29. The van der Waals surface area contributed by atoms with Gasteiger partial charge in [-0.15, -0.1) is 0 Å². The molecule has 1 nitrogen and oxygen atoms in total. The van der Waals surface area contributed by atoms with Gasteiger partial charge in [0, 0.05) is 10.9 Å². The number of hydrogen-bond acceptors (Lipinski definition) is 1. The van der Waals surface area contributed by atoms with Crippen LogP contribution in [0.2, 0.25) is 5.15 Å². The van der Waals surface area contributed by atoms with Crippen molar-refractivity contribution >= 4 is 22.4 Å². The summed E-state index contributed by atoms with van der Waals surface area (Å²) in [4.78, 5) is 4.47. The van der Waals surface area contributed by atoms with Crippen LogP contribution in [0.4, 0.5) is 0 Å². The number of benzene rings is 2. The number of nitrogens with zero attached hydrogens (tertiary/aromatic N) is 1. The van der Waals surface area contributed by atoms with E-state index in [0.29, 0.717) is 5.15 Å². The standard InChI is InChI=1S/C16H12ClN/c1-11-7-8-14-13(9-11)10-15(17)18-16(14)12-5-3-2-4-6-12/h2-10H,1H3. The molecule has 0 amide bonds. The molecular formula is C16H12ClN. The van der Waals surface area contributed by atoms with Crippen LogP contribution in [-0.4, -0.2) is 4.98 Å². The lowest BCUT2D eigenvalue weighted by molar-refractivity contribution is 1.35. The van der Waals surface area contributed by atoms with Crippen LogP contribution in [0.25, 0.3) is 22.0 Å². The lowest BCUT2D eigenvalue weighted by Crippen LogP contribution is -1.88. The molecule has 18 heavy (non-hydrogen) atoms. The van der Waals surface area contributed by atoms with Gasteiger partial charge >= 0.3 is 0 Å². The minimum absolute atomic E-state index is 0.534. The van der Waals surface area contributed by atoms with Gasteiger partial charge in [0.2, 0.25) is 0 Å². The molecule has 3 aromatic rings. The maximum atomic E-state index is 6.11. The van der Waals surface area contributed by atoms with Crippen LogP contribution >= 0.6 is 11.6 Å². The number of aryl methyl sites for hydroxylation is 1. The molecule has 88 valence electrons. The zero-order valence-corrected chi connectivity index (χ0v) is 10.8. The van der Waals surface area contributed by atoms with Gasteiger partial charge in [-0.2, -0.15) is 0 Å². The summed E-state index contributed by atoms with van der Waals surface area (Å²) in [5.41, 5.74) is 3.26. The van der Waals surface area contributed by atoms with E-state index in [1.165, 1.54) is 5.56 Å². The summed E-state index contributed by atoms with van der Waals surface area (Å²) in [7, 11) is 0. The van der Waals surface area contributed by atoms with E-state index >= 15 is 0 Å². The molecule has 0 saturated carbocycles. The molecule has 0 aliphatic rings. The van der Waals surface area contributed by atoms with Gasteiger partial charge in [0.1, 0.15) is 5.15 Å². The Labute approximate surface area is 111 Å². The smallest absolute Gasteiger partial charge is 0.130 e. The first-order valence-corrected chi connectivity index (χ1v) is 6.24. The number of pyridine rings is 1. The van der Waals surface area contributed by atoms with Crippen molar-refractivity contribution in [1.82, 2.24) is 4.98 Å². The number of fused-ring (bicyclic) bond motifs is 1. The fourth-order valence-electron chi connectivity index (χ4n) is 2.16. The average molecular weight is 254 g/mol. The molecule has 3 rings (SSSR count). The highest BCUT2D eigenvalue weighted by molar-refractivity contribution is 6.30. The van der Waals surface area contributed by atoms with Crippen LogP contribution < -0.4 is 0 Å². The minimum Gasteiger partial charge on any atom is -0.235 e. The van der Waals surface area contributed by atoms with Crippen LogP contribution in [0.5, 0.6) is 0 Å². The molecule has 0 aliphatic carbocycles. The Balaban J connectivity index is 2.35. The third kappa shape index (κ3) is 1.98. The molecular weight excluding hydrogens is 242 g/mol. The van der Waals surface area contributed by atoms with Crippen LogP contribution in [0.1, 0.15) is 5.56 Å². The topological polar surface area (TPSA) is 12.9 Å². The largest absolute Gasteiger partial charge is 0.235 e. The second-order valence-corrected chi connectivity index (χ2v) is 4.77. The van der Waals surface area contributed by atoms with Crippen molar-refractivity contribution in [2.45, 2.75) is 6.92 Å². The first-order chi connectivity index (χ1) is 8.74. The van der Waals surface area contributed by atoms with Crippen molar-refractivity contribution in [1.29, 1.82) is 0 Å². The maximum Gasteiger partial charge on any atom is 0.130 e. The predicted octanol–water partition coefficient (Wildman–Crippen LogP) is 4.86. The van der Waals surface area contributed by atoms with Crippen LogP contribution in [0.15, 0.2) is 54.6 Å². The van der Waals surface area contributed by atoms with Gasteiger partial charge in [0.05, 0.1) is 5.69 Å². The number of halogens is 1. The van der Waals surface area contributed by atoms with Gasteiger partial charge < -0.3 is 0 Å². The van der Waals surface area contributed by atoms with E-state index in [1.807, 2.05) is 24.3 Å². The molecule has 1 aromatic heterocycles. The quantitative estimate of drug-likeness (QED) is 0.564. The third-order valence-electron chi connectivity index (χ3n) is 3.00. The molecule has 0 saturated heterocycles. The summed E-state index contributed by atoms with van der Waals surface area (Å²) < 4.78 is 0. The third-order valence-corrected chi connectivity index (χ3v) is 3.20. The first kappa shape index (κ1) is 11.2. The summed E-state index contributed by atoms with van der Waals surface area (Å²) >= 11 is 6.11. The zero-order chi connectivity index (χ0) is 12.5.